The van der Waals surface area contributed by atoms with Gasteiger partial charge >= 0.3 is 0 Å². The number of rotatable bonds is 8. The van der Waals surface area contributed by atoms with Crippen molar-refractivity contribution in [2.24, 2.45) is 0 Å². The van der Waals surface area contributed by atoms with Crippen LogP contribution in [0.1, 0.15) is 28.3 Å². The first-order valence-corrected chi connectivity index (χ1v) is 9.42. The Morgan fingerprint density at radius 3 is 2.37 bits per heavy atom. The highest BCUT2D eigenvalue weighted by molar-refractivity contribution is 5.36. The molecule has 1 aromatic carbocycles. The fourth-order valence-corrected chi connectivity index (χ4v) is 3.26. The molecule has 0 saturated heterocycles. The first-order chi connectivity index (χ1) is 13.0. The van der Waals surface area contributed by atoms with E-state index in [2.05, 4.69) is 83.6 Å². The molecular weight excluding hydrogens is 336 g/mol. The zero-order valence-corrected chi connectivity index (χ0v) is 17.0. The van der Waals surface area contributed by atoms with Gasteiger partial charge in [0, 0.05) is 43.1 Å². The van der Waals surface area contributed by atoms with Crippen molar-refractivity contribution in [3.63, 3.8) is 0 Å². The number of aromatic nitrogens is 4. The number of nitrogens with zero attached hydrogens (tertiary/aromatic N) is 5. The van der Waals surface area contributed by atoms with Gasteiger partial charge in [0.15, 0.2) is 0 Å². The van der Waals surface area contributed by atoms with E-state index in [1.165, 1.54) is 11.3 Å². The lowest BCUT2D eigenvalue weighted by atomic mass is 10.1. The van der Waals surface area contributed by atoms with Crippen molar-refractivity contribution in [3.05, 3.63) is 65.0 Å². The van der Waals surface area contributed by atoms with Crippen LogP contribution >= 0.6 is 0 Å². The van der Waals surface area contributed by atoms with E-state index in [-0.39, 0.29) is 0 Å². The van der Waals surface area contributed by atoms with Gasteiger partial charge in [-0.15, -0.1) is 0 Å². The molecule has 0 atom stereocenters. The zero-order valence-electron chi connectivity index (χ0n) is 17.0. The summed E-state index contributed by atoms with van der Waals surface area (Å²) in [5.74, 6) is 0. The molecule has 2 aromatic heterocycles. The minimum absolute atomic E-state index is 0.832. The van der Waals surface area contributed by atoms with Crippen molar-refractivity contribution in [1.29, 1.82) is 0 Å². The van der Waals surface area contributed by atoms with Crippen molar-refractivity contribution in [2.45, 2.75) is 33.9 Å². The van der Waals surface area contributed by atoms with E-state index in [4.69, 9.17) is 5.10 Å². The number of likely N-dealkylation sites (N-methyl/N-ethyl adjacent to an activating group) is 1. The third kappa shape index (κ3) is 4.64. The van der Waals surface area contributed by atoms with Crippen molar-refractivity contribution >= 4 is 0 Å². The Bertz CT molecular complexity index is 862. The van der Waals surface area contributed by atoms with Crippen LogP contribution in [0.4, 0.5) is 0 Å². The highest BCUT2D eigenvalue weighted by Gasteiger charge is 2.17. The molecule has 1 N–H and O–H groups in total. The molecule has 0 amide bonds. The summed E-state index contributed by atoms with van der Waals surface area (Å²) in [5.41, 5.74) is 6.94. The maximum Gasteiger partial charge on any atom is 0.0925 e. The van der Waals surface area contributed by atoms with E-state index in [1.54, 1.807) is 6.33 Å². The standard InChI is InChI=1S/C21H30N6/c1-16-20(18(3)27(24-16)19-9-7-6-8-10-19)13-26(12-11-25(4)5)14-21-17(2)22-15-23-21/h6-10,15H,11-14H2,1-5H3,(H,22,23). The van der Waals surface area contributed by atoms with Gasteiger partial charge in [0.1, 0.15) is 0 Å². The van der Waals surface area contributed by atoms with Gasteiger partial charge in [-0.2, -0.15) is 5.10 Å². The third-order valence-corrected chi connectivity index (χ3v) is 4.99. The van der Waals surface area contributed by atoms with E-state index in [0.717, 1.165) is 48.9 Å². The van der Waals surface area contributed by atoms with Crippen molar-refractivity contribution in [3.8, 4) is 5.69 Å². The van der Waals surface area contributed by atoms with Gasteiger partial charge in [-0.05, 0) is 47.0 Å². The maximum atomic E-state index is 4.80. The number of hydrogen-bond donors (Lipinski definition) is 1. The highest BCUT2D eigenvalue weighted by Crippen LogP contribution is 2.20. The Kier molecular flexibility index (Phi) is 6.08. The lowest BCUT2D eigenvalue weighted by Gasteiger charge is -2.24. The zero-order chi connectivity index (χ0) is 19.4. The second-order valence-corrected chi connectivity index (χ2v) is 7.38. The van der Waals surface area contributed by atoms with Gasteiger partial charge in [0.25, 0.3) is 0 Å². The number of benzene rings is 1. The van der Waals surface area contributed by atoms with E-state index in [0.29, 0.717) is 0 Å². The first kappa shape index (κ1) is 19.3. The molecule has 0 aliphatic carbocycles. The number of imidazole rings is 1. The molecule has 0 fully saturated rings. The van der Waals surface area contributed by atoms with Gasteiger partial charge < -0.3 is 9.88 Å². The predicted molar refractivity (Wildman–Crippen MR) is 109 cm³/mol. The normalized spacial score (nSPS) is 11.7. The van der Waals surface area contributed by atoms with Crippen LogP contribution in [0, 0.1) is 20.8 Å². The van der Waals surface area contributed by atoms with Gasteiger partial charge in [-0.25, -0.2) is 9.67 Å². The van der Waals surface area contributed by atoms with Crippen LogP contribution in [0.5, 0.6) is 0 Å². The number of aryl methyl sites for hydroxylation is 2. The second-order valence-electron chi connectivity index (χ2n) is 7.38. The molecule has 3 rings (SSSR count). The largest absolute Gasteiger partial charge is 0.348 e. The summed E-state index contributed by atoms with van der Waals surface area (Å²) in [7, 11) is 4.23. The van der Waals surface area contributed by atoms with Gasteiger partial charge in [0.05, 0.1) is 23.4 Å². The molecule has 3 aromatic rings. The Balaban J connectivity index is 1.84. The molecule has 27 heavy (non-hydrogen) atoms. The Morgan fingerprint density at radius 2 is 1.74 bits per heavy atom. The monoisotopic (exact) mass is 366 g/mol. The van der Waals surface area contributed by atoms with Crippen LogP contribution in [-0.2, 0) is 13.1 Å². The van der Waals surface area contributed by atoms with Gasteiger partial charge in [0.2, 0.25) is 0 Å². The smallest absolute Gasteiger partial charge is 0.0925 e. The summed E-state index contributed by atoms with van der Waals surface area (Å²) in [6, 6.07) is 10.3. The topological polar surface area (TPSA) is 53.0 Å². The van der Waals surface area contributed by atoms with Gasteiger partial charge in [-0.3, -0.25) is 4.90 Å². The molecule has 0 aliphatic heterocycles. The Hall–Kier alpha value is -2.44. The molecule has 144 valence electrons. The molecule has 2 heterocycles. The first-order valence-electron chi connectivity index (χ1n) is 9.42. The summed E-state index contributed by atoms with van der Waals surface area (Å²) in [4.78, 5) is 12.4. The molecule has 6 heteroatoms. The van der Waals surface area contributed by atoms with Crippen molar-refractivity contribution in [2.75, 3.05) is 27.2 Å². The van der Waals surface area contributed by atoms with Crippen LogP contribution in [0.15, 0.2) is 36.7 Å². The average Bonchev–Trinajstić information content (AvgIpc) is 3.18. The summed E-state index contributed by atoms with van der Waals surface area (Å²) in [6.45, 7) is 10.0. The van der Waals surface area contributed by atoms with Crippen LogP contribution in [0.3, 0.4) is 0 Å². The lowest BCUT2D eigenvalue weighted by Crippen LogP contribution is -2.31. The molecule has 0 unspecified atom stereocenters. The van der Waals surface area contributed by atoms with E-state index >= 15 is 0 Å². The summed E-state index contributed by atoms with van der Waals surface area (Å²) in [5, 5.41) is 4.80. The summed E-state index contributed by atoms with van der Waals surface area (Å²) in [6.07, 6.45) is 1.78. The van der Waals surface area contributed by atoms with Crippen LogP contribution < -0.4 is 0 Å². The number of para-hydroxylation sites is 1. The number of hydrogen-bond acceptors (Lipinski definition) is 4. The van der Waals surface area contributed by atoms with E-state index in [1.807, 2.05) is 6.07 Å². The van der Waals surface area contributed by atoms with Crippen LogP contribution in [0.25, 0.3) is 5.69 Å². The SMILES string of the molecule is Cc1nn(-c2ccccc2)c(C)c1CN(CCN(C)C)Cc1nc[nH]c1C. The maximum absolute atomic E-state index is 4.80. The molecule has 0 saturated carbocycles. The molecule has 0 aliphatic rings. The number of aromatic amines is 1. The Morgan fingerprint density at radius 1 is 1.00 bits per heavy atom. The van der Waals surface area contributed by atoms with Crippen LogP contribution in [-0.4, -0.2) is 56.7 Å². The van der Waals surface area contributed by atoms with E-state index < -0.39 is 0 Å². The van der Waals surface area contributed by atoms with Crippen molar-refractivity contribution in [1.82, 2.24) is 29.5 Å². The average molecular weight is 367 g/mol. The summed E-state index contributed by atoms with van der Waals surface area (Å²) < 4.78 is 2.05. The Labute approximate surface area is 161 Å². The highest BCUT2D eigenvalue weighted by atomic mass is 15.3. The molecular formula is C21H30N6. The molecule has 6 nitrogen and oxygen atoms in total. The quantitative estimate of drug-likeness (QED) is 0.666. The van der Waals surface area contributed by atoms with Gasteiger partial charge in [-0.1, -0.05) is 18.2 Å². The molecule has 0 bridgehead atoms. The number of nitrogens with one attached hydrogen (secondary N) is 1. The minimum Gasteiger partial charge on any atom is -0.348 e. The fourth-order valence-electron chi connectivity index (χ4n) is 3.26. The lowest BCUT2D eigenvalue weighted by molar-refractivity contribution is 0.223. The number of H-pyrrole nitrogens is 1. The third-order valence-electron chi connectivity index (χ3n) is 4.99. The van der Waals surface area contributed by atoms with Crippen LogP contribution in [0.2, 0.25) is 0 Å². The van der Waals surface area contributed by atoms with Crippen molar-refractivity contribution < 1.29 is 0 Å². The minimum atomic E-state index is 0.832. The summed E-state index contributed by atoms with van der Waals surface area (Å²) >= 11 is 0. The predicted octanol–water partition coefficient (Wildman–Crippen LogP) is 3.08. The molecule has 0 radical (unpaired) electrons. The molecule has 0 spiro atoms. The fraction of sp³-hybridized carbons (Fsp3) is 0.429. The van der Waals surface area contributed by atoms with E-state index in [9.17, 15) is 0 Å². The second kappa shape index (κ2) is 8.50.